The third-order valence-corrected chi connectivity index (χ3v) is 2.75. The quantitative estimate of drug-likeness (QED) is 0.737. The van der Waals surface area contributed by atoms with Gasteiger partial charge in [-0.3, -0.25) is 4.79 Å². The summed E-state index contributed by atoms with van der Waals surface area (Å²) in [6.45, 7) is 4.05. The Kier molecular flexibility index (Phi) is 1.98. The minimum absolute atomic E-state index is 0.115. The molecule has 70 valence electrons. The van der Waals surface area contributed by atoms with Crippen molar-refractivity contribution in [2.45, 2.75) is 39.0 Å². The van der Waals surface area contributed by atoms with Crippen molar-refractivity contribution in [3.8, 4) is 0 Å². The molecule has 0 aliphatic heterocycles. The fraction of sp³-hybridized carbons (Fsp3) is 0.545. The van der Waals surface area contributed by atoms with Crippen LogP contribution in [0.3, 0.4) is 0 Å². The summed E-state index contributed by atoms with van der Waals surface area (Å²) >= 11 is 0. The van der Waals surface area contributed by atoms with Gasteiger partial charge in [0.2, 0.25) is 0 Å². The number of hydrogen-bond acceptors (Lipinski definition) is 1. The highest BCUT2D eigenvalue weighted by Crippen LogP contribution is 2.38. The van der Waals surface area contributed by atoms with E-state index in [1.165, 1.54) is 12.8 Å². The molecule has 1 fully saturated rings. The Balaban J connectivity index is 2.48. The largest absolute Gasteiger partial charge is 0.326 e. The summed E-state index contributed by atoms with van der Waals surface area (Å²) in [5.41, 5.74) is 3.33. The van der Waals surface area contributed by atoms with Crippen LogP contribution in [-0.2, 0) is 6.42 Å². The number of rotatable bonds is 2. The lowest BCUT2D eigenvalue weighted by atomic mass is 10.1. The van der Waals surface area contributed by atoms with Gasteiger partial charge in [-0.15, -0.1) is 0 Å². The first kappa shape index (κ1) is 8.54. The normalized spacial score (nSPS) is 16.2. The van der Waals surface area contributed by atoms with Gasteiger partial charge in [0.15, 0.2) is 0 Å². The van der Waals surface area contributed by atoms with Crippen LogP contribution in [0.2, 0.25) is 0 Å². The highest BCUT2D eigenvalue weighted by Gasteiger charge is 2.25. The minimum Gasteiger partial charge on any atom is -0.326 e. The van der Waals surface area contributed by atoms with Crippen LogP contribution in [0.25, 0.3) is 0 Å². The molecule has 0 unspecified atom stereocenters. The lowest BCUT2D eigenvalue weighted by molar-refractivity contribution is 0.947. The molecule has 1 aromatic rings. The Morgan fingerprint density at radius 2 is 2.23 bits per heavy atom. The lowest BCUT2D eigenvalue weighted by Gasteiger charge is -2.04. The Morgan fingerprint density at radius 3 is 2.69 bits per heavy atom. The first-order chi connectivity index (χ1) is 6.22. The molecule has 0 atom stereocenters. The molecule has 1 aliphatic rings. The molecule has 0 aromatic carbocycles. The van der Waals surface area contributed by atoms with Crippen molar-refractivity contribution in [1.29, 1.82) is 0 Å². The SMILES string of the molecule is CCc1c(C)cc(C2CC2)[nH]c1=O. The van der Waals surface area contributed by atoms with Gasteiger partial charge in [0.05, 0.1) is 0 Å². The van der Waals surface area contributed by atoms with Gasteiger partial charge in [-0.05, 0) is 43.7 Å². The van der Waals surface area contributed by atoms with Gasteiger partial charge in [0, 0.05) is 11.3 Å². The second-order valence-corrected chi connectivity index (χ2v) is 3.84. The van der Waals surface area contributed by atoms with Crippen molar-refractivity contribution in [3.05, 3.63) is 33.2 Å². The third-order valence-electron chi connectivity index (χ3n) is 2.75. The molecule has 1 aromatic heterocycles. The number of aromatic nitrogens is 1. The first-order valence-corrected chi connectivity index (χ1v) is 4.95. The topological polar surface area (TPSA) is 32.9 Å². The van der Waals surface area contributed by atoms with Gasteiger partial charge in [-0.25, -0.2) is 0 Å². The highest BCUT2D eigenvalue weighted by molar-refractivity contribution is 5.28. The Morgan fingerprint density at radius 1 is 1.54 bits per heavy atom. The third kappa shape index (κ3) is 1.53. The predicted molar refractivity (Wildman–Crippen MR) is 53.2 cm³/mol. The average molecular weight is 177 g/mol. The van der Waals surface area contributed by atoms with E-state index in [1.807, 2.05) is 13.8 Å². The van der Waals surface area contributed by atoms with Gasteiger partial charge in [-0.2, -0.15) is 0 Å². The summed E-state index contributed by atoms with van der Waals surface area (Å²) in [5.74, 6) is 0.636. The zero-order valence-electron chi connectivity index (χ0n) is 8.18. The van der Waals surface area contributed by atoms with Crippen LogP contribution < -0.4 is 5.56 Å². The number of aryl methyl sites for hydroxylation is 1. The van der Waals surface area contributed by atoms with Crippen molar-refractivity contribution >= 4 is 0 Å². The van der Waals surface area contributed by atoms with Crippen LogP contribution in [-0.4, -0.2) is 4.98 Å². The maximum Gasteiger partial charge on any atom is 0.251 e. The number of nitrogens with one attached hydrogen (secondary N) is 1. The minimum atomic E-state index is 0.115. The smallest absolute Gasteiger partial charge is 0.251 e. The number of aromatic amines is 1. The van der Waals surface area contributed by atoms with Crippen LogP contribution in [0.15, 0.2) is 10.9 Å². The maximum absolute atomic E-state index is 11.6. The van der Waals surface area contributed by atoms with E-state index < -0.39 is 0 Å². The van der Waals surface area contributed by atoms with Gasteiger partial charge in [-0.1, -0.05) is 6.92 Å². The van der Waals surface area contributed by atoms with E-state index >= 15 is 0 Å². The van der Waals surface area contributed by atoms with E-state index in [4.69, 9.17) is 0 Å². The molecule has 2 nitrogen and oxygen atoms in total. The van der Waals surface area contributed by atoms with E-state index in [-0.39, 0.29) is 5.56 Å². The van der Waals surface area contributed by atoms with Gasteiger partial charge in [0.25, 0.3) is 5.56 Å². The Labute approximate surface area is 78.0 Å². The molecule has 0 bridgehead atoms. The van der Waals surface area contributed by atoms with Crippen molar-refractivity contribution in [3.63, 3.8) is 0 Å². The number of pyridine rings is 1. The van der Waals surface area contributed by atoms with Gasteiger partial charge < -0.3 is 4.98 Å². The monoisotopic (exact) mass is 177 g/mol. The molecule has 0 radical (unpaired) electrons. The summed E-state index contributed by atoms with van der Waals surface area (Å²) in [5, 5.41) is 0. The second kappa shape index (κ2) is 3.02. The Hall–Kier alpha value is -1.05. The fourth-order valence-corrected chi connectivity index (χ4v) is 1.80. The molecule has 1 saturated carbocycles. The average Bonchev–Trinajstić information content (AvgIpc) is 2.85. The molecule has 2 heteroatoms. The van der Waals surface area contributed by atoms with E-state index in [0.29, 0.717) is 5.92 Å². The lowest BCUT2D eigenvalue weighted by Crippen LogP contribution is -2.15. The number of H-pyrrole nitrogens is 1. The fourth-order valence-electron chi connectivity index (χ4n) is 1.80. The Bertz CT molecular complexity index is 374. The molecule has 1 N–H and O–H groups in total. The summed E-state index contributed by atoms with van der Waals surface area (Å²) in [4.78, 5) is 14.5. The van der Waals surface area contributed by atoms with Crippen LogP contribution in [0.5, 0.6) is 0 Å². The van der Waals surface area contributed by atoms with E-state index in [9.17, 15) is 4.79 Å². The highest BCUT2D eigenvalue weighted by atomic mass is 16.1. The van der Waals surface area contributed by atoms with Crippen LogP contribution >= 0.6 is 0 Å². The van der Waals surface area contributed by atoms with Gasteiger partial charge in [0.1, 0.15) is 0 Å². The summed E-state index contributed by atoms with van der Waals surface area (Å²) < 4.78 is 0. The zero-order valence-corrected chi connectivity index (χ0v) is 8.18. The number of hydrogen-bond donors (Lipinski definition) is 1. The summed E-state index contributed by atoms with van der Waals surface area (Å²) in [6, 6.07) is 2.14. The summed E-state index contributed by atoms with van der Waals surface area (Å²) in [6.07, 6.45) is 3.30. The van der Waals surface area contributed by atoms with Crippen LogP contribution in [0.4, 0.5) is 0 Å². The molecular weight excluding hydrogens is 162 g/mol. The van der Waals surface area contributed by atoms with Crippen molar-refractivity contribution in [2.24, 2.45) is 0 Å². The second-order valence-electron chi connectivity index (χ2n) is 3.84. The van der Waals surface area contributed by atoms with Gasteiger partial charge >= 0.3 is 0 Å². The molecule has 1 heterocycles. The van der Waals surface area contributed by atoms with E-state index in [0.717, 1.165) is 23.2 Å². The van der Waals surface area contributed by atoms with Crippen molar-refractivity contribution < 1.29 is 0 Å². The van der Waals surface area contributed by atoms with Crippen molar-refractivity contribution in [2.75, 3.05) is 0 Å². The van der Waals surface area contributed by atoms with Crippen molar-refractivity contribution in [1.82, 2.24) is 4.98 Å². The molecule has 13 heavy (non-hydrogen) atoms. The summed E-state index contributed by atoms with van der Waals surface area (Å²) in [7, 11) is 0. The molecule has 1 aliphatic carbocycles. The molecular formula is C11H15NO. The molecule has 0 amide bonds. The maximum atomic E-state index is 11.6. The van der Waals surface area contributed by atoms with Crippen LogP contribution in [0, 0.1) is 6.92 Å². The van der Waals surface area contributed by atoms with E-state index in [1.54, 1.807) is 0 Å². The van der Waals surface area contributed by atoms with Crippen LogP contribution in [0.1, 0.15) is 42.5 Å². The zero-order chi connectivity index (χ0) is 9.42. The van der Waals surface area contributed by atoms with E-state index in [2.05, 4.69) is 11.1 Å². The molecule has 2 rings (SSSR count). The molecule has 0 spiro atoms. The first-order valence-electron chi connectivity index (χ1n) is 4.95. The molecule has 0 saturated heterocycles. The predicted octanol–water partition coefficient (Wildman–Crippen LogP) is 2.12. The standard InChI is InChI=1S/C11H15NO/c1-3-9-7(2)6-10(8-4-5-8)12-11(9)13/h6,8H,3-5H2,1-2H3,(H,12,13).